The third-order valence-electron chi connectivity index (χ3n) is 5.22. The van der Waals surface area contributed by atoms with Crippen molar-refractivity contribution in [2.75, 3.05) is 19.7 Å². The Hall–Kier alpha value is -1.97. The molecule has 0 aromatic heterocycles. The van der Waals surface area contributed by atoms with Crippen LogP contribution in [0, 0.1) is 0 Å². The monoisotopic (exact) mass is 427 g/mol. The van der Waals surface area contributed by atoms with Gasteiger partial charge in [-0.2, -0.15) is 0 Å². The summed E-state index contributed by atoms with van der Waals surface area (Å²) in [6.07, 6.45) is 3.29. The van der Waals surface area contributed by atoms with Crippen LogP contribution in [0.2, 0.25) is 0 Å². The minimum atomic E-state index is -1.11. The number of piperidine rings is 1. The summed E-state index contributed by atoms with van der Waals surface area (Å²) >= 11 is 1.54. The van der Waals surface area contributed by atoms with Crippen molar-refractivity contribution in [3.05, 3.63) is 0 Å². The van der Waals surface area contributed by atoms with Gasteiger partial charge in [0, 0.05) is 24.8 Å². The van der Waals surface area contributed by atoms with E-state index in [2.05, 4.69) is 14.6 Å². The molecule has 0 N–H and O–H groups in total. The van der Waals surface area contributed by atoms with E-state index in [4.69, 9.17) is 9.47 Å². The van der Waals surface area contributed by atoms with Gasteiger partial charge in [-0.05, 0) is 40.0 Å². The molecule has 0 aliphatic carbocycles. The van der Waals surface area contributed by atoms with Crippen LogP contribution in [0.25, 0.3) is 0 Å². The summed E-state index contributed by atoms with van der Waals surface area (Å²) in [6, 6.07) is -1.24. The van der Waals surface area contributed by atoms with Gasteiger partial charge >= 0.3 is 12.1 Å². The molecule has 4 atom stereocenters. The van der Waals surface area contributed by atoms with E-state index in [0.29, 0.717) is 0 Å². The van der Waals surface area contributed by atoms with Crippen molar-refractivity contribution in [1.29, 1.82) is 0 Å². The number of hydrogen-bond donors (Lipinski definition) is 0. The van der Waals surface area contributed by atoms with Gasteiger partial charge in [0.05, 0.1) is 12.9 Å². The standard InChI is InChI=1S/C19H29N3O6S/c1-5-26-18(25)28-12(2)27-17(24)14-19(3,4)29-16-13(15(23)22(14)16)20-11-21-9-7-6-8-10-21/h11-14,16H,5-10H2,1-4H3/t12?,13-,14+,16-/m1/s1. The molecule has 9 nitrogen and oxygen atoms in total. The quantitative estimate of drug-likeness (QED) is 0.209. The topological polar surface area (TPSA) is 97.7 Å². The zero-order chi connectivity index (χ0) is 21.2. The Kier molecular flexibility index (Phi) is 6.60. The second-order valence-corrected chi connectivity index (χ2v) is 9.64. The highest BCUT2D eigenvalue weighted by molar-refractivity contribution is 8.01. The predicted molar refractivity (Wildman–Crippen MR) is 107 cm³/mol. The zero-order valence-electron chi connectivity index (χ0n) is 17.3. The molecular formula is C19H29N3O6S. The molecule has 3 saturated heterocycles. The zero-order valence-corrected chi connectivity index (χ0v) is 18.1. The summed E-state index contributed by atoms with van der Waals surface area (Å²) in [5, 5.41) is -0.197. The van der Waals surface area contributed by atoms with Gasteiger partial charge in [-0.3, -0.25) is 9.79 Å². The van der Waals surface area contributed by atoms with Crippen molar-refractivity contribution in [2.24, 2.45) is 4.99 Å². The molecule has 0 bridgehead atoms. The highest BCUT2D eigenvalue weighted by atomic mass is 32.2. The van der Waals surface area contributed by atoms with E-state index in [1.165, 1.54) is 13.3 Å². The van der Waals surface area contributed by atoms with Crippen LogP contribution in [0.5, 0.6) is 0 Å². The number of carbonyl (C=O) groups excluding carboxylic acids is 3. The number of esters is 1. The summed E-state index contributed by atoms with van der Waals surface area (Å²) in [6.45, 7) is 8.97. The molecule has 3 rings (SSSR count). The van der Waals surface area contributed by atoms with Gasteiger partial charge in [-0.25, -0.2) is 9.59 Å². The lowest BCUT2D eigenvalue weighted by Crippen LogP contribution is -2.65. The summed E-state index contributed by atoms with van der Waals surface area (Å²) in [4.78, 5) is 45.1. The van der Waals surface area contributed by atoms with Crippen molar-refractivity contribution < 1.29 is 28.6 Å². The van der Waals surface area contributed by atoms with Crippen LogP contribution < -0.4 is 0 Å². The SMILES string of the molecule is CCOC(=O)OC(C)OC(=O)[C@@H]1N2C(=O)[C@@H](N=CN3CCCCC3)[C@H]2SC1(C)C. The number of ether oxygens (including phenoxy) is 3. The van der Waals surface area contributed by atoms with E-state index >= 15 is 0 Å². The largest absolute Gasteiger partial charge is 0.511 e. The highest BCUT2D eigenvalue weighted by Crippen LogP contribution is 2.52. The fraction of sp³-hybridized carbons (Fsp3) is 0.789. The van der Waals surface area contributed by atoms with Crippen molar-refractivity contribution >= 4 is 36.1 Å². The predicted octanol–water partition coefficient (Wildman–Crippen LogP) is 1.99. The lowest BCUT2D eigenvalue weighted by Gasteiger charge is -2.42. The molecule has 29 heavy (non-hydrogen) atoms. The Morgan fingerprint density at radius 1 is 1.28 bits per heavy atom. The number of fused-ring (bicyclic) bond motifs is 1. The average Bonchev–Trinajstić information content (AvgIpc) is 2.90. The highest BCUT2D eigenvalue weighted by Gasteiger charge is 2.64. The Morgan fingerprint density at radius 3 is 2.62 bits per heavy atom. The average molecular weight is 428 g/mol. The summed E-state index contributed by atoms with van der Waals surface area (Å²) in [5.41, 5.74) is 0. The molecule has 3 heterocycles. The molecule has 0 radical (unpaired) electrons. The van der Waals surface area contributed by atoms with Gasteiger partial charge < -0.3 is 24.0 Å². The van der Waals surface area contributed by atoms with Crippen molar-refractivity contribution in [2.45, 2.75) is 75.5 Å². The lowest BCUT2D eigenvalue weighted by atomic mass is 9.96. The maximum atomic E-state index is 12.7. The van der Waals surface area contributed by atoms with Gasteiger partial charge in [0.15, 0.2) is 6.04 Å². The first-order valence-electron chi connectivity index (χ1n) is 10.1. The molecule has 1 amide bonds. The van der Waals surface area contributed by atoms with E-state index < -0.39 is 35.2 Å². The Morgan fingerprint density at radius 2 is 1.97 bits per heavy atom. The number of hydrogen-bond acceptors (Lipinski definition) is 8. The van der Waals surface area contributed by atoms with E-state index in [0.717, 1.165) is 25.9 Å². The maximum absolute atomic E-state index is 12.7. The number of aliphatic imine (C=N–C) groups is 1. The molecule has 3 fully saturated rings. The molecule has 3 aliphatic heterocycles. The third kappa shape index (κ3) is 4.62. The minimum absolute atomic E-state index is 0.162. The van der Waals surface area contributed by atoms with Crippen molar-refractivity contribution in [3.8, 4) is 0 Å². The molecule has 0 saturated carbocycles. The van der Waals surface area contributed by atoms with E-state index in [1.54, 1.807) is 29.9 Å². The second kappa shape index (κ2) is 8.81. The first kappa shape index (κ1) is 21.7. The fourth-order valence-corrected chi connectivity index (χ4v) is 5.47. The van der Waals surface area contributed by atoms with Gasteiger partial charge in [0.25, 0.3) is 5.91 Å². The van der Waals surface area contributed by atoms with Crippen LogP contribution >= 0.6 is 11.8 Å². The molecular weight excluding hydrogens is 398 g/mol. The van der Waals surface area contributed by atoms with Crippen LogP contribution in [0.15, 0.2) is 4.99 Å². The van der Waals surface area contributed by atoms with Crippen LogP contribution in [-0.2, 0) is 23.8 Å². The Bertz CT molecular complexity index is 679. The van der Waals surface area contributed by atoms with Crippen LogP contribution in [-0.4, -0.2) is 82.4 Å². The number of carbonyl (C=O) groups is 3. The molecule has 162 valence electrons. The van der Waals surface area contributed by atoms with Crippen molar-refractivity contribution in [1.82, 2.24) is 9.80 Å². The lowest BCUT2D eigenvalue weighted by molar-refractivity contribution is -0.180. The van der Waals surface area contributed by atoms with E-state index in [9.17, 15) is 14.4 Å². The van der Waals surface area contributed by atoms with Gasteiger partial charge in [-0.1, -0.05) is 0 Å². The third-order valence-corrected chi connectivity index (χ3v) is 6.78. The second-order valence-electron chi connectivity index (χ2n) is 7.87. The Balaban J connectivity index is 1.61. The summed E-state index contributed by atoms with van der Waals surface area (Å²) in [7, 11) is 0. The van der Waals surface area contributed by atoms with Gasteiger partial charge in [-0.15, -0.1) is 11.8 Å². The van der Waals surface area contributed by atoms with E-state index in [1.807, 2.05) is 13.8 Å². The number of amides is 1. The molecule has 0 aromatic carbocycles. The van der Waals surface area contributed by atoms with E-state index in [-0.39, 0.29) is 17.9 Å². The normalized spacial score (nSPS) is 29.2. The van der Waals surface area contributed by atoms with Crippen LogP contribution in [0.3, 0.4) is 0 Å². The molecule has 0 spiro atoms. The van der Waals surface area contributed by atoms with Crippen LogP contribution in [0.1, 0.15) is 47.0 Å². The number of nitrogens with zero attached hydrogens (tertiary/aromatic N) is 3. The first-order chi connectivity index (χ1) is 13.7. The van der Waals surface area contributed by atoms with Crippen molar-refractivity contribution in [3.63, 3.8) is 0 Å². The maximum Gasteiger partial charge on any atom is 0.511 e. The van der Waals surface area contributed by atoms with Gasteiger partial charge in [0.1, 0.15) is 11.4 Å². The summed E-state index contributed by atoms with van der Waals surface area (Å²) < 4.78 is 14.3. The molecule has 1 unspecified atom stereocenters. The molecule has 0 aromatic rings. The number of rotatable bonds is 6. The Labute approximate surface area is 175 Å². The smallest absolute Gasteiger partial charge is 0.435 e. The number of β-lactam (4-membered cyclic amide) rings is 1. The first-order valence-corrected chi connectivity index (χ1v) is 10.9. The summed E-state index contributed by atoms with van der Waals surface area (Å²) in [5.74, 6) is -0.782. The molecule has 10 heteroatoms. The molecule has 3 aliphatic rings. The number of likely N-dealkylation sites (tertiary alicyclic amines) is 1. The fourth-order valence-electron chi connectivity index (χ4n) is 3.85. The minimum Gasteiger partial charge on any atom is -0.435 e. The van der Waals surface area contributed by atoms with Gasteiger partial charge in [0.2, 0.25) is 6.29 Å². The van der Waals surface area contributed by atoms with Crippen LogP contribution in [0.4, 0.5) is 4.79 Å². The number of thioether (sulfide) groups is 1.